The van der Waals surface area contributed by atoms with E-state index in [2.05, 4.69) is 25.7 Å². The van der Waals surface area contributed by atoms with Crippen LogP contribution in [0.3, 0.4) is 0 Å². The van der Waals surface area contributed by atoms with Crippen LogP contribution < -0.4 is 0 Å². The van der Waals surface area contributed by atoms with Crippen LogP contribution in [0, 0.1) is 5.41 Å². The number of carbonyl (C=O) groups excluding carboxylic acids is 1. The third kappa shape index (κ3) is 10.1. The van der Waals surface area contributed by atoms with Crippen LogP contribution in [0.2, 0.25) is 0 Å². The van der Waals surface area contributed by atoms with Crippen molar-refractivity contribution >= 4 is 6.16 Å². The zero-order chi connectivity index (χ0) is 13.5. The molecular weight excluding hydrogens is 220 g/mol. The van der Waals surface area contributed by atoms with Gasteiger partial charge in [-0.15, -0.1) is 0 Å². The number of rotatable bonds is 6. The highest BCUT2D eigenvalue weighted by atomic mass is 17.2. The van der Waals surface area contributed by atoms with Gasteiger partial charge in [-0.1, -0.05) is 34.1 Å². The minimum absolute atomic E-state index is 0.161. The van der Waals surface area contributed by atoms with Crippen molar-refractivity contribution in [3.8, 4) is 0 Å². The second kappa shape index (κ2) is 6.84. The molecule has 0 amide bonds. The van der Waals surface area contributed by atoms with Gasteiger partial charge in [-0.05, 0) is 32.1 Å². The van der Waals surface area contributed by atoms with Crippen molar-refractivity contribution < 1.29 is 19.3 Å². The monoisotopic (exact) mass is 246 g/mol. The second-order valence-corrected chi connectivity index (χ2v) is 6.08. The molecule has 0 N–H and O–H groups in total. The SMILES string of the molecule is CCCC(C)(C)OC(=O)OOCCC(C)(C)C. The number of hydrogen-bond acceptors (Lipinski definition) is 4. The summed E-state index contributed by atoms with van der Waals surface area (Å²) in [5.41, 5.74) is -0.339. The molecule has 0 fully saturated rings. The quantitative estimate of drug-likeness (QED) is 0.306. The zero-order valence-corrected chi connectivity index (χ0v) is 12.0. The van der Waals surface area contributed by atoms with Crippen molar-refractivity contribution in [3.05, 3.63) is 0 Å². The van der Waals surface area contributed by atoms with Crippen LogP contribution in [0.5, 0.6) is 0 Å². The molecule has 0 aromatic carbocycles. The molecule has 0 aliphatic carbocycles. The first-order valence-corrected chi connectivity index (χ1v) is 6.19. The van der Waals surface area contributed by atoms with E-state index in [0.717, 1.165) is 19.3 Å². The van der Waals surface area contributed by atoms with Gasteiger partial charge in [0.05, 0.1) is 6.61 Å². The summed E-state index contributed by atoms with van der Waals surface area (Å²) in [7, 11) is 0. The molecule has 17 heavy (non-hydrogen) atoms. The highest BCUT2D eigenvalue weighted by Gasteiger charge is 2.23. The standard InChI is InChI=1S/C13H26O4/c1-7-8-13(5,6)16-11(14)17-15-10-9-12(2,3)4/h7-10H2,1-6H3. The molecule has 0 aliphatic rings. The van der Waals surface area contributed by atoms with Crippen molar-refractivity contribution in [2.24, 2.45) is 5.41 Å². The molecule has 0 radical (unpaired) electrons. The maximum Gasteiger partial charge on any atom is 0.540 e. The summed E-state index contributed by atoms with van der Waals surface area (Å²) in [5, 5.41) is 0. The molecule has 0 spiro atoms. The van der Waals surface area contributed by atoms with Gasteiger partial charge in [0.1, 0.15) is 5.60 Å². The third-order valence-electron chi connectivity index (χ3n) is 2.27. The van der Waals surface area contributed by atoms with E-state index in [1.165, 1.54) is 0 Å². The summed E-state index contributed by atoms with van der Waals surface area (Å²) in [4.78, 5) is 20.7. The van der Waals surface area contributed by atoms with Gasteiger partial charge >= 0.3 is 6.16 Å². The highest BCUT2D eigenvalue weighted by molar-refractivity contribution is 5.59. The van der Waals surface area contributed by atoms with E-state index in [1.54, 1.807) is 0 Å². The van der Waals surface area contributed by atoms with Crippen molar-refractivity contribution in [1.82, 2.24) is 0 Å². The lowest BCUT2D eigenvalue weighted by atomic mass is 9.93. The molecule has 0 unspecified atom stereocenters. The van der Waals surface area contributed by atoms with Crippen LogP contribution in [-0.2, 0) is 14.5 Å². The Balaban J connectivity index is 3.74. The van der Waals surface area contributed by atoms with Gasteiger partial charge < -0.3 is 4.74 Å². The molecule has 0 aliphatic heterocycles. The molecule has 0 saturated heterocycles. The fraction of sp³-hybridized carbons (Fsp3) is 0.923. The fourth-order valence-electron chi connectivity index (χ4n) is 1.33. The predicted molar refractivity (Wildman–Crippen MR) is 66.6 cm³/mol. The topological polar surface area (TPSA) is 44.8 Å². The Kier molecular flexibility index (Phi) is 6.53. The van der Waals surface area contributed by atoms with Gasteiger partial charge in [-0.2, -0.15) is 4.89 Å². The Morgan fingerprint density at radius 3 is 2.12 bits per heavy atom. The lowest BCUT2D eigenvalue weighted by Crippen LogP contribution is -2.28. The summed E-state index contributed by atoms with van der Waals surface area (Å²) in [6.07, 6.45) is 1.80. The lowest BCUT2D eigenvalue weighted by Gasteiger charge is -2.23. The fourth-order valence-corrected chi connectivity index (χ4v) is 1.33. The van der Waals surface area contributed by atoms with E-state index in [9.17, 15) is 4.79 Å². The Morgan fingerprint density at radius 2 is 1.65 bits per heavy atom. The lowest BCUT2D eigenvalue weighted by molar-refractivity contribution is -0.264. The van der Waals surface area contributed by atoms with Crippen LogP contribution in [0.25, 0.3) is 0 Å². The molecule has 0 aromatic heterocycles. The number of hydrogen-bond donors (Lipinski definition) is 0. The average Bonchev–Trinajstić information content (AvgIpc) is 2.09. The molecule has 102 valence electrons. The Labute approximate surface area is 105 Å². The van der Waals surface area contributed by atoms with Crippen LogP contribution in [-0.4, -0.2) is 18.4 Å². The van der Waals surface area contributed by atoms with Gasteiger partial charge in [0.15, 0.2) is 0 Å². The highest BCUT2D eigenvalue weighted by Crippen LogP contribution is 2.19. The molecule has 4 nitrogen and oxygen atoms in total. The van der Waals surface area contributed by atoms with Crippen molar-refractivity contribution in [1.29, 1.82) is 0 Å². The maximum absolute atomic E-state index is 11.3. The molecule has 0 heterocycles. The van der Waals surface area contributed by atoms with Crippen LogP contribution in [0.15, 0.2) is 0 Å². The van der Waals surface area contributed by atoms with Gasteiger partial charge in [0, 0.05) is 0 Å². The number of ether oxygens (including phenoxy) is 1. The van der Waals surface area contributed by atoms with Crippen LogP contribution in [0.4, 0.5) is 4.79 Å². The van der Waals surface area contributed by atoms with E-state index in [1.807, 2.05) is 20.8 Å². The first-order valence-electron chi connectivity index (χ1n) is 6.19. The normalized spacial score (nSPS) is 12.4. The molecule has 0 aromatic rings. The van der Waals surface area contributed by atoms with E-state index < -0.39 is 11.8 Å². The van der Waals surface area contributed by atoms with E-state index in [4.69, 9.17) is 9.62 Å². The molecule has 4 heteroatoms. The van der Waals surface area contributed by atoms with Crippen molar-refractivity contribution in [2.45, 2.75) is 66.4 Å². The third-order valence-corrected chi connectivity index (χ3v) is 2.27. The predicted octanol–water partition coefficient (Wildman–Crippen LogP) is 4.09. The van der Waals surface area contributed by atoms with E-state index in [-0.39, 0.29) is 5.41 Å². The first-order chi connectivity index (χ1) is 7.66. The van der Waals surface area contributed by atoms with Gasteiger partial charge in [0.25, 0.3) is 0 Å². The maximum atomic E-state index is 11.3. The molecule has 0 bridgehead atoms. The molecular formula is C13H26O4. The van der Waals surface area contributed by atoms with Gasteiger partial charge in [0.2, 0.25) is 0 Å². The minimum Gasteiger partial charge on any atom is -0.426 e. The van der Waals surface area contributed by atoms with Crippen molar-refractivity contribution in [3.63, 3.8) is 0 Å². The Morgan fingerprint density at radius 1 is 1.06 bits per heavy atom. The van der Waals surface area contributed by atoms with E-state index in [0.29, 0.717) is 6.61 Å². The summed E-state index contributed by atoms with van der Waals surface area (Å²) in [6, 6.07) is 0. The Hall–Kier alpha value is -0.770. The molecule has 0 saturated carbocycles. The summed E-state index contributed by atoms with van der Waals surface area (Å²) in [5.74, 6) is 0. The van der Waals surface area contributed by atoms with Crippen LogP contribution in [0.1, 0.15) is 60.8 Å². The van der Waals surface area contributed by atoms with Gasteiger partial charge in [-0.3, -0.25) is 4.89 Å². The summed E-state index contributed by atoms with van der Waals surface area (Å²) < 4.78 is 5.12. The molecule has 0 rings (SSSR count). The van der Waals surface area contributed by atoms with Gasteiger partial charge in [-0.25, -0.2) is 4.79 Å². The zero-order valence-electron chi connectivity index (χ0n) is 12.0. The average molecular weight is 246 g/mol. The largest absolute Gasteiger partial charge is 0.540 e. The minimum atomic E-state index is -0.766. The first kappa shape index (κ1) is 16.2. The Bertz CT molecular complexity index is 228. The second-order valence-electron chi connectivity index (χ2n) is 6.08. The molecule has 0 atom stereocenters. The summed E-state index contributed by atoms with van der Waals surface area (Å²) in [6.45, 7) is 12.4. The van der Waals surface area contributed by atoms with Crippen LogP contribution >= 0.6 is 0 Å². The van der Waals surface area contributed by atoms with Crippen molar-refractivity contribution in [2.75, 3.05) is 6.61 Å². The van der Waals surface area contributed by atoms with E-state index >= 15 is 0 Å². The summed E-state index contributed by atoms with van der Waals surface area (Å²) >= 11 is 0. The smallest absolute Gasteiger partial charge is 0.426 e. The number of carbonyl (C=O) groups is 1.